The van der Waals surface area contributed by atoms with Crippen LogP contribution in [0.2, 0.25) is 0 Å². The predicted octanol–water partition coefficient (Wildman–Crippen LogP) is 4.60. The number of nitrogens with one attached hydrogen (secondary N) is 2. The van der Waals surface area contributed by atoms with E-state index in [2.05, 4.69) is 31.5 Å². The Bertz CT molecular complexity index is 1340. The van der Waals surface area contributed by atoms with Crippen molar-refractivity contribution >= 4 is 28.2 Å². The van der Waals surface area contributed by atoms with Crippen molar-refractivity contribution in [3.05, 3.63) is 60.6 Å². The second-order valence-electron chi connectivity index (χ2n) is 8.33. The Balaban J connectivity index is 1.29. The lowest BCUT2D eigenvalue weighted by molar-refractivity contribution is 0.102. The third kappa shape index (κ3) is 3.73. The maximum absolute atomic E-state index is 13.0. The van der Waals surface area contributed by atoms with Crippen LogP contribution in [0.15, 0.2) is 54.9 Å². The summed E-state index contributed by atoms with van der Waals surface area (Å²) in [7, 11) is 0. The minimum Gasteiger partial charge on any atom is -0.454 e. The van der Waals surface area contributed by atoms with Gasteiger partial charge in [0.25, 0.3) is 5.91 Å². The molecule has 0 spiro atoms. The second-order valence-corrected chi connectivity index (χ2v) is 8.33. The molecule has 0 aliphatic carbocycles. The Kier molecular flexibility index (Phi) is 4.83. The number of rotatable bonds is 4. The van der Waals surface area contributed by atoms with Crippen LogP contribution in [0, 0.1) is 0 Å². The summed E-state index contributed by atoms with van der Waals surface area (Å²) in [6.07, 6.45) is 7.51. The molecule has 1 fully saturated rings. The van der Waals surface area contributed by atoms with Crippen LogP contribution in [0.4, 0.5) is 11.4 Å². The molecule has 6 rings (SSSR count). The van der Waals surface area contributed by atoms with Crippen molar-refractivity contribution in [1.29, 1.82) is 0 Å². The van der Waals surface area contributed by atoms with Crippen molar-refractivity contribution in [3.63, 3.8) is 0 Å². The Hall–Kier alpha value is -4.07. The van der Waals surface area contributed by atoms with Gasteiger partial charge in [-0.25, -0.2) is 0 Å². The molecule has 0 atom stereocenters. The van der Waals surface area contributed by atoms with E-state index in [4.69, 9.17) is 9.47 Å². The van der Waals surface area contributed by atoms with Crippen LogP contribution in [0.5, 0.6) is 11.5 Å². The number of H-pyrrole nitrogens is 1. The lowest BCUT2D eigenvalue weighted by Gasteiger charge is -2.28. The van der Waals surface area contributed by atoms with Crippen LogP contribution in [0.25, 0.3) is 22.0 Å². The van der Waals surface area contributed by atoms with Crippen LogP contribution >= 0.6 is 0 Å². The molecule has 33 heavy (non-hydrogen) atoms. The molecule has 2 aliphatic heterocycles. The van der Waals surface area contributed by atoms with Gasteiger partial charge in [0, 0.05) is 42.0 Å². The highest BCUT2D eigenvalue weighted by Gasteiger charge is 2.18. The van der Waals surface area contributed by atoms with Gasteiger partial charge in [0.05, 0.1) is 17.4 Å². The van der Waals surface area contributed by atoms with Crippen molar-refractivity contribution in [3.8, 4) is 22.6 Å². The fraction of sp³-hybridized carbons (Fsp3) is 0.240. The third-order valence-corrected chi connectivity index (χ3v) is 6.19. The highest BCUT2D eigenvalue weighted by atomic mass is 16.7. The van der Waals surface area contributed by atoms with Crippen molar-refractivity contribution in [2.45, 2.75) is 19.3 Å². The fourth-order valence-electron chi connectivity index (χ4n) is 4.44. The van der Waals surface area contributed by atoms with Crippen LogP contribution in [-0.4, -0.2) is 41.0 Å². The van der Waals surface area contributed by atoms with Gasteiger partial charge >= 0.3 is 0 Å². The molecule has 0 bridgehead atoms. The summed E-state index contributed by atoms with van der Waals surface area (Å²) in [5, 5.41) is 10.9. The van der Waals surface area contributed by atoms with Crippen molar-refractivity contribution in [1.82, 2.24) is 15.2 Å². The Morgan fingerprint density at radius 1 is 0.939 bits per heavy atom. The summed E-state index contributed by atoms with van der Waals surface area (Å²) in [6.45, 7) is 2.32. The van der Waals surface area contributed by atoms with Crippen molar-refractivity contribution in [2.24, 2.45) is 0 Å². The zero-order chi connectivity index (χ0) is 22.2. The molecule has 0 radical (unpaired) electrons. The number of hydrogen-bond donors (Lipinski definition) is 2. The van der Waals surface area contributed by atoms with Gasteiger partial charge in [-0.3, -0.25) is 14.9 Å². The number of benzene rings is 2. The molecule has 0 saturated carbocycles. The van der Waals surface area contributed by atoms with Gasteiger partial charge < -0.3 is 19.7 Å². The van der Waals surface area contributed by atoms with Gasteiger partial charge in [0.1, 0.15) is 0 Å². The van der Waals surface area contributed by atoms with Gasteiger partial charge in [-0.05, 0) is 55.2 Å². The van der Waals surface area contributed by atoms with E-state index in [1.54, 1.807) is 18.2 Å². The molecule has 1 saturated heterocycles. The Morgan fingerprint density at radius 3 is 2.73 bits per heavy atom. The normalized spacial score (nSPS) is 15.1. The number of aromatic amines is 1. The van der Waals surface area contributed by atoms with Crippen LogP contribution < -0.4 is 19.7 Å². The third-order valence-electron chi connectivity index (χ3n) is 6.19. The average molecular weight is 441 g/mol. The number of carbonyl (C=O) groups is 1. The van der Waals surface area contributed by atoms with E-state index < -0.39 is 0 Å². The average Bonchev–Trinajstić information content (AvgIpc) is 3.51. The molecule has 2 aliphatic rings. The number of anilines is 2. The molecule has 2 aromatic carbocycles. The van der Waals surface area contributed by atoms with E-state index >= 15 is 0 Å². The number of carbonyl (C=O) groups excluding carboxylic acids is 1. The van der Waals surface area contributed by atoms with Gasteiger partial charge in [0.2, 0.25) is 6.79 Å². The van der Waals surface area contributed by atoms with Crippen molar-refractivity contribution in [2.75, 3.05) is 30.1 Å². The Morgan fingerprint density at radius 2 is 1.82 bits per heavy atom. The monoisotopic (exact) mass is 441 g/mol. The first-order valence-corrected chi connectivity index (χ1v) is 11.1. The number of aromatic nitrogens is 3. The van der Waals surface area contributed by atoms with Crippen LogP contribution in [-0.2, 0) is 0 Å². The minimum atomic E-state index is -0.294. The highest BCUT2D eigenvalue weighted by Crippen LogP contribution is 2.34. The van der Waals surface area contributed by atoms with E-state index in [-0.39, 0.29) is 12.7 Å². The van der Waals surface area contributed by atoms with E-state index in [0.717, 1.165) is 40.8 Å². The first-order chi connectivity index (χ1) is 16.2. The standard InChI is InChI=1S/C25H23N5O3/c31-25(27-18-5-7-22-23(12-18)33-15-32-22)24-20-11-16(4-6-21(20)28-29-24)17-10-19(14-26-13-17)30-8-2-1-3-9-30/h4-7,10-14H,1-3,8-9,15H2,(H,27,31)(H,28,29). The molecular weight excluding hydrogens is 418 g/mol. The summed E-state index contributed by atoms with van der Waals surface area (Å²) in [6, 6.07) is 13.4. The van der Waals surface area contributed by atoms with Crippen LogP contribution in [0.1, 0.15) is 29.8 Å². The lowest BCUT2D eigenvalue weighted by Crippen LogP contribution is -2.29. The first-order valence-electron chi connectivity index (χ1n) is 11.1. The smallest absolute Gasteiger partial charge is 0.276 e. The summed E-state index contributed by atoms with van der Waals surface area (Å²) in [5.74, 6) is 0.990. The number of pyridine rings is 1. The molecular formula is C25H23N5O3. The molecule has 2 N–H and O–H groups in total. The molecule has 4 heterocycles. The van der Waals surface area contributed by atoms with Crippen LogP contribution in [0.3, 0.4) is 0 Å². The van der Waals surface area contributed by atoms with Gasteiger partial charge in [-0.1, -0.05) is 6.07 Å². The predicted molar refractivity (Wildman–Crippen MR) is 126 cm³/mol. The zero-order valence-electron chi connectivity index (χ0n) is 18.0. The zero-order valence-corrected chi connectivity index (χ0v) is 18.0. The Labute approximate surface area is 190 Å². The largest absolute Gasteiger partial charge is 0.454 e. The summed E-state index contributed by atoms with van der Waals surface area (Å²) < 4.78 is 10.7. The van der Waals surface area contributed by atoms with Gasteiger partial charge in [-0.15, -0.1) is 0 Å². The van der Waals surface area contributed by atoms with E-state index in [0.29, 0.717) is 22.9 Å². The molecule has 4 aromatic rings. The number of nitrogens with zero attached hydrogens (tertiary/aromatic N) is 3. The second kappa shape index (κ2) is 8.12. The first kappa shape index (κ1) is 19.6. The maximum atomic E-state index is 13.0. The van der Waals surface area contributed by atoms with E-state index in [9.17, 15) is 4.79 Å². The summed E-state index contributed by atoms with van der Waals surface area (Å²) in [4.78, 5) is 19.9. The SMILES string of the molecule is O=C(Nc1ccc2c(c1)OCO2)c1n[nH]c2ccc(-c3cncc(N4CCCCC4)c3)cc12. The lowest BCUT2D eigenvalue weighted by atomic mass is 10.0. The number of fused-ring (bicyclic) bond motifs is 2. The number of hydrogen-bond acceptors (Lipinski definition) is 6. The molecule has 0 unspecified atom stereocenters. The summed E-state index contributed by atoms with van der Waals surface area (Å²) in [5.41, 5.74) is 4.91. The van der Waals surface area contributed by atoms with E-state index in [1.807, 2.05) is 30.6 Å². The van der Waals surface area contributed by atoms with Gasteiger partial charge in [0.15, 0.2) is 17.2 Å². The molecule has 8 heteroatoms. The number of amides is 1. The molecule has 166 valence electrons. The molecule has 1 amide bonds. The van der Waals surface area contributed by atoms with E-state index in [1.165, 1.54) is 19.3 Å². The maximum Gasteiger partial charge on any atom is 0.276 e. The minimum absolute atomic E-state index is 0.188. The number of piperidine rings is 1. The number of ether oxygens (including phenoxy) is 2. The highest BCUT2D eigenvalue weighted by molar-refractivity contribution is 6.11. The van der Waals surface area contributed by atoms with Crippen molar-refractivity contribution < 1.29 is 14.3 Å². The quantitative estimate of drug-likeness (QED) is 0.481. The summed E-state index contributed by atoms with van der Waals surface area (Å²) >= 11 is 0. The molecule has 2 aromatic heterocycles. The fourth-order valence-corrected chi connectivity index (χ4v) is 4.44. The topological polar surface area (TPSA) is 92.4 Å². The van der Waals surface area contributed by atoms with Gasteiger partial charge in [-0.2, -0.15) is 5.10 Å². The molecule has 8 nitrogen and oxygen atoms in total.